The van der Waals surface area contributed by atoms with Crippen LogP contribution in [-0.4, -0.2) is 36.2 Å². The monoisotopic (exact) mass is 226 g/mol. The molecule has 1 aromatic rings. The van der Waals surface area contributed by atoms with E-state index in [0.29, 0.717) is 11.3 Å². The molecule has 4 heteroatoms. The van der Waals surface area contributed by atoms with E-state index in [9.17, 15) is 0 Å². The Morgan fingerprint density at radius 3 is 3.13 bits per heavy atom. The first-order valence-corrected chi connectivity index (χ1v) is 5.52. The second-order valence-corrected chi connectivity index (χ2v) is 4.22. The fraction of sp³-hybridized carbons (Fsp3) is 0.545. The van der Waals surface area contributed by atoms with Crippen LogP contribution < -0.4 is 0 Å². The maximum atomic E-state index is 5.83. The van der Waals surface area contributed by atoms with Crippen molar-refractivity contribution in [1.29, 1.82) is 0 Å². The first-order chi connectivity index (χ1) is 7.28. The van der Waals surface area contributed by atoms with Crippen LogP contribution >= 0.6 is 11.6 Å². The van der Waals surface area contributed by atoms with Crippen molar-refractivity contribution in [3.63, 3.8) is 0 Å². The van der Waals surface area contributed by atoms with Gasteiger partial charge < -0.3 is 4.74 Å². The van der Waals surface area contributed by atoms with E-state index in [4.69, 9.17) is 16.3 Å². The average Bonchev–Trinajstić information content (AvgIpc) is 2.65. The van der Waals surface area contributed by atoms with Crippen molar-refractivity contribution in [2.24, 2.45) is 0 Å². The van der Waals surface area contributed by atoms with Crippen LogP contribution in [-0.2, 0) is 11.3 Å². The minimum Gasteiger partial charge on any atom is -0.380 e. The third kappa shape index (κ3) is 2.91. The van der Waals surface area contributed by atoms with E-state index in [0.717, 1.165) is 31.7 Å². The Morgan fingerprint density at radius 2 is 2.47 bits per heavy atom. The van der Waals surface area contributed by atoms with Gasteiger partial charge in [0.25, 0.3) is 0 Å². The van der Waals surface area contributed by atoms with E-state index in [1.54, 1.807) is 13.2 Å². The molecule has 15 heavy (non-hydrogen) atoms. The van der Waals surface area contributed by atoms with Gasteiger partial charge in [-0.15, -0.1) is 0 Å². The minimum absolute atomic E-state index is 0.379. The summed E-state index contributed by atoms with van der Waals surface area (Å²) in [5.74, 6) is 0. The minimum atomic E-state index is 0.379. The van der Waals surface area contributed by atoms with Gasteiger partial charge in [0.05, 0.1) is 11.8 Å². The number of likely N-dealkylation sites (tertiary alicyclic amines) is 1. The molecule has 1 atom stereocenters. The molecule has 2 heterocycles. The third-order valence-electron chi connectivity index (χ3n) is 2.72. The Labute approximate surface area is 95.0 Å². The SMILES string of the molecule is COC1CCN(Cc2cccc(Cl)n2)C1. The quantitative estimate of drug-likeness (QED) is 0.737. The van der Waals surface area contributed by atoms with Crippen molar-refractivity contribution < 1.29 is 4.74 Å². The predicted molar refractivity (Wildman–Crippen MR) is 59.9 cm³/mol. The molecular weight excluding hydrogens is 212 g/mol. The largest absolute Gasteiger partial charge is 0.380 e. The standard InChI is InChI=1S/C11H15ClN2O/c1-15-10-5-6-14(8-10)7-9-3-2-4-11(12)13-9/h2-4,10H,5-8H2,1H3. The molecule has 1 saturated heterocycles. The molecule has 82 valence electrons. The Kier molecular flexibility index (Phi) is 3.57. The van der Waals surface area contributed by atoms with Gasteiger partial charge in [-0.25, -0.2) is 4.98 Å². The number of methoxy groups -OCH3 is 1. The van der Waals surface area contributed by atoms with Crippen LogP contribution in [0.5, 0.6) is 0 Å². The van der Waals surface area contributed by atoms with Crippen LogP contribution in [0.4, 0.5) is 0 Å². The zero-order chi connectivity index (χ0) is 10.7. The number of halogens is 1. The zero-order valence-corrected chi connectivity index (χ0v) is 9.57. The summed E-state index contributed by atoms with van der Waals surface area (Å²) in [7, 11) is 1.77. The number of hydrogen-bond donors (Lipinski definition) is 0. The highest BCUT2D eigenvalue weighted by molar-refractivity contribution is 6.29. The lowest BCUT2D eigenvalue weighted by Crippen LogP contribution is -2.22. The van der Waals surface area contributed by atoms with Crippen molar-refractivity contribution in [3.05, 3.63) is 29.0 Å². The Hall–Kier alpha value is -0.640. The second kappa shape index (κ2) is 4.92. The first-order valence-electron chi connectivity index (χ1n) is 5.14. The number of rotatable bonds is 3. The topological polar surface area (TPSA) is 25.4 Å². The summed E-state index contributed by atoms with van der Waals surface area (Å²) < 4.78 is 5.31. The molecule has 1 aliphatic rings. The molecule has 3 nitrogen and oxygen atoms in total. The summed E-state index contributed by atoms with van der Waals surface area (Å²) >= 11 is 5.83. The van der Waals surface area contributed by atoms with Crippen molar-refractivity contribution in [3.8, 4) is 0 Å². The van der Waals surface area contributed by atoms with Crippen LogP contribution in [0.25, 0.3) is 0 Å². The molecular formula is C11H15ClN2O. The second-order valence-electron chi connectivity index (χ2n) is 3.83. The average molecular weight is 227 g/mol. The number of pyridine rings is 1. The summed E-state index contributed by atoms with van der Waals surface area (Å²) in [5, 5.41) is 0.565. The zero-order valence-electron chi connectivity index (χ0n) is 8.82. The van der Waals surface area contributed by atoms with E-state index in [1.807, 2.05) is 12.1 Å². The maximum absolute atomic E-state index is 5.83. The lowest BCUT2D eigenvalue weighted by Gasteiger charge is -2.14. The van der Waals surface area contributed by atoms with Crippen LogP contribution in [0.3, 0.4) is 0 Å². The lowest BCUT2D eigenvalue weighted by atomic mass is 10.3. The Morgan fingerprint density at radius 1 is 1.60 bits per heavy atom. The van der Waals surface area contributed by atoms with Crippen molar-refractivity contribution >= 4 is 11.6 Å². The van der Waals surface area contributed by atoms with Crippen LogP contribution in [0.15, 0.2) is 18.2 Å². The van der Waals surface area contributed by atoms with Gasteiger partial charge in [-0.05, 0) is 18.6 Å². The van der Waals surface area contributed by atoms with Gasteiger partial charge in [-0.3, -0.25) is 4.90 Å². The van der Waals surface area contributed by atoms with Gasteiger partial charge >= 0.3 is 0 Å². The number of nitrogens with zero attached hydrogens (tertiary/aromatic N) is 2. The normalized spacial score (nSPS) is 22.1. The van der Waals surface area contributed by atoms with Gasteiger partial charge in [0.1, 0.15) is 5.15 Å². The summed E-state index contributed by atoms with van der Waals surface area (Å²) in [6, 6.07) is 5.74. The molecule has 0 N–H and O–H groups in total. The van der Waals surface area contributed by atoms with Crippen LogP contribution in [0.2, 0.25) is 5.15 Å². The van der Waals surface area contributed by atoms with Crippen LogP contribution in [0, 0.1) is 0 Å². The summed E-state index contributed by atoms with van der Waals surface area (Å²) in [6.45, 7) is 2.93. The fourth-order valence-electron chi connectivity index (χ4n) is 1.90. The highest BCUT2D eigenvalue weighted by Crippen LogP contribution is 2.15. The number of hydrogen-bond acceptors (Lipinski definition) is 3. The Balaban J connectivity index is 1.92. The van der Waals surface area contributed by atoms with Gasteiger partial charge in [-0.2, -0.15) is 0 Å². The molecule has 2 rings (SSSR count). The Bertz CT molecular complexity index is 332. The van der Waals surface area contributed by atoms with E-state index >= 15 is 0 Å². The maximum Gasteiger partial charge on any atom is 0.129 e. The molecule has 1 aromatic heterocycles. The molecule has 0 saturated carbocycles. The summed E-state index contributed by atoms with van der Waals surface area (Å²) in [5.41, 5.74) is 1.03. The van der Waals surface area contributed by atoms with Gasteiger partial charge in [0.2, 0.25) is 0 Å². The molecule has 1 fully saturated rings. The number of ether oxygens (including phenoxy) is 1. The van der Waals surface area contributed by atoms with E-state index in [2.05, 4.69) is 9.88 Å². The van der Waals surface area contributed by atoms with Crippen LogP contribution in [0.1, 0.15) is 12.1 Å². The highest BCUT2D eigenvalue weighted by Gasteiger charge is 2.21. The molecule has 0 radical (unpaired) electrons. The van der Waals surface area contributed by atoms with E-state index in [1.165, 1.54) is 0 Å². The van der Waals surface area contributed by atoms with E-state index in [-0.39, 0.29) is 0 Å². The molecule has 0 amide bonds. The summed E-state index contributed by atoms with van der Waals surface area (Å²) in [4.78, 5) is 6.61. The fourth-order valence-corrected chi connectivity index (χ4v) is 2.08. The van der Waals surface area contributed by atoms with Crippen molar-refractivity contribution in [2.45, 2.75) is 19.1 Å². The van der Waals surface area contributed by atoms with E-state index < -0.39 is 0 Å². The predicted octanol–water partition coefficient (Wildman–Crippen LogP) is 1.96. The molecule has 0 aliphatic carbocycles. The van der Waals surface area contributed by atoms with Gasteiger partial charge in [-0.1, -0.05) is 17.7 Å². The summed E-state index contributed by atoms with van der Waals surface area (Å²) in [6.07, 6.45) is 1.49. The molecule has 0 aromatic carbocycles. The smallest absolute Gasteiger partial charge is 0.129 e. The highest BCUT2D eigenvalue weighted by atomic mass is 35.5. The number of aromatic nitrogens is 1. The lowest BCUT2D eigenvalue weighted by molar-refractivity contribution is 0.107. The molecule has 1 aliphatic heterocycles. The van der Waals surface area contributed by atoms with Gasteiger partial charge in [0, 0.05) is 26.7 Å². The molecule has 0 spiro atoms. The molecule has 1 unspecified atom stereocenters. The molecule has 0 bridgehead atoms. The van der Waals surface area contributed by atoms with Gasteiger partial charge in [0.15, 0.2) is 0 Å². The van der Waals surface area contributed by atoms with Crippen molar-refractivity contribution in [2.75, 3.05) is 20.2 Å². The first kappa shape index (κ1) is 10.9. The third-order valence-corrected chi connectivity index (χ3v) is 2.93. The van der Waals surface area contributed by atoms with Crippen molar-refractivity contribution in [1.82, 2.24) is 9.88 Å².